The third-order valence-electron chi connectivity index (χ3n) is 16.9. The first-order valence-electron chi connectivity index (χ1n) is 37.0. The average molecular weight is 1150 g/mol. The molecule has 6 nitrogen and oxygen atoms in total. The quantitative estimate of drug-likeness (QED) is 0.0261. The largest absolute Gasteiger partial charge is 0.462 e. The maximum Gasteiger partial charge on any atom is 0.306 e. The Balaban J connectivity index is 4.26. The van der Waals surface area contributed by atoms with Crippen LogP contribution in [-0.2, 0) is 28.6 Å². The number of ether oxygens (including phenoxy) is 3. The SMILES string of the molecule is CCCCCC/C=C\C/C=C\CCCCCCCCCC(=O)OCC(COC(=O)CCCCCCCCCCCCCCCCCCCCCCCCCCCCC)OC(=O)CCCCCCCCCCC/C=C\CCCCCCCC. The summed E-state index contributed by atoms with van der Waals surface area (Å²) in [5.41, 5.74) is 0. The Hall–Kier alpha value is -2.37. The topological polar surface area (TPSA) is 78.9 Å². The van der Waals surface area contributed by atoms with Gasteiger partial charge < -0.3 is 14.2 Å². The van der Waals surface area contributed by atoms with E-state index in [4.69, 9.17) is 14.2 Å². The number of carbonyl (C=O) groups is 3. The monoisotopic (exact) mass is 1150 g/mol. The molecule has 0 saturated heterocycles. The van der Waals surface area contributed by atoms with Crippen LogP contribution in [0, 0.1) is 0 Å². The molecule has 0 amide bonds. The highest BCUT2D eigenvalue weighted by molar-refractivity contribution is 5.71. The van der Waals surface area contributed by atoms with Gasteiger partial charge >= 0.3 is 17.9 Å². The number of allylic oxidation sites excluding steroid dienone is 6. The van der Waals surface area contributed by atoms with Crippen molar-refractivity contribution in [2.45, 2.75) is 419 Å². The number of esters is 3. The van der Waals surface area contributed by atoms with E-state index in [2.05, 4.69) is 57.2 Å². The van der Waals surface area contributed by atoms with Crippen molar-refractivity contribution in [3.8, 4) is 0 Å². The number of unbranched alkanes of at least 4 members (excludes halogenated alkanes) is 52. The highest BCUT2D eigenvalue weighted by atomic mass is 16.6. The van der Waals surface area contributed by atoms with Crippen molar-refractivity contribution >= 4 is 17.9 Å². The molecule has 0 aromatic rings. The smallest absolute Gasteiger partial charge is 0.306 e. The van der Waals surface area contributed by atoms with E-state index < -0.39 is 6.10 Å². The molecule has 482 valence electrons. The first-order valence-corrected chi connectivity index (χ1v) is 37.0. The van der Waals surface area contributed by atoms with Crippen LogP contribution < -0.4 is 0 Å². The molecule has 0 aliphatic carbocycles. The van der Waals surface area contributed by atoms with Gasteiger partial charge in [0.25, 0.3) is 0 Å². The van der Waals surface area contributed by atoms with Crippen LogP contribution in [0.2, 0.25) is 0 Å². The van der Waals surface area contributed by atoms with Gasteiger partial charge in [-0.25, -0.2) is 0 Å². The predicted octanol–water partition coefficient (Wildman–Crippen LogP) is 25.5. The van der Waals surface area contributed by atoms with Crippen LogP contribution in [0.15, 0.2) is 36.5 Å². The molecule has 0 aliphatic heterocycles. The number of hydrogen-bond acceptors (Lipinski definition) is 6. The van der Waals surface area contributed by atoms with Crippen molar-refractivity contribution in [1.29, 1.82) is 0 Å². The molecule has 0 heterocycles. The summed E-state index contributed by atoms with van der Waals surface area (Å²) in [6.45, 7) is 6.70. The van der Waals surface area contributed by atoms with E-state index in [1.54, 1.807) is 0 Å². The van der Waals surface area contributed by atoms with Gasteiger partial charge in [0.1, 0.15) is 13.2 Å². The molecule has 0 fully saturated rings. The van der Waals surface area contributed by atoms with E-state index in [1.807, 2.05) is 0 Å². The molecular weight excluding hydrogens is 1010 g/mol. The second kappa shape index (κ2) is 71.1. The van der Waals surface area contributed by atoms with Gasteiger partial charge in [-0.2, -0.15) is 0 Å². The van der Waals surface area contributed by atoms with E-state index in [0.29, 0.717) is 19.3 Å². The molecule has 0 saturated carbocycles. The number of rotatable bonds is 69. The second-order valence-corrected chi connectivity index (χ2v) is 25.2. The summed E-state index contributed by atoms with van der Waals surface area (Å²) in [6.07, 6.45) is 88.9. The zero-order chi connectivity index (χ0) is 59.2. The minimum atomic E-state index is -0.776. The zero-order valence-corrected chi connectivity index (χ0v) is 55.5. The average Bonchev–Trinajstić information content (AvgIpc) is 3.47. The number of hydrogen-bond donors (Lipinski definition) is 0. The Morgan fingerprint density at radius 2 is 0.439 bits per heavy atom. The van der Waals surface area contributed by atoms with Crippen LogP contribution in [0.4, 0.5) is 0 Å². The van der Waals surface area contributed by atoms with Crippen LogP contribution in [0.3, 0.4) is 0 Å². The summed E-state index contributed by atoms with van der Waals surface area (Å²) in [6, 6.07) is 0. The maximum absolute atomic E-state index is 13.0. The number of carbonyl (C=O) groups excluding carboxylic acids is 3. The van der Waals surface area contributed by atoms with Gasteiger partial charge in [0.2, 0.25) is 0 Å². The van der Waals surface area contributed by atoms with Gasteiger partial charge in [-0.1, -0.05) is 353 Å². The molecule has 82 heavy (non-hydrogen) atoms. The molecule has 0 bridgehead atoms. The molecule has 0 N–H and O–H groups in total. The summed E-state index contributed by atoms with van der Waals surface area (Å²) in [5, 5.41) is 0. The summed E-state index contributed by atoms with van der Waals surface area (Å²) < 4.78 is 17.0. The molecule has 0 radical (unpaired) electrons. The van der Waals surface area contributed by atoms with Crippen LogP contribution in [0.5, 0.6) is 0 Å². The molecule has 0 aliphatic rings. The van der Waals surface area contributed by atoms with E-state index in [1.165, 1.54) is 302 Å². The van der Waals surface area contributed by atoms with E-state index in [9.17, 15) is 14.4 Å². The third kappa shape index (κ3) is 68.4. The van der Waals surface area contributed by atoms with Gasteiger partial charge in [0.05, 0.1) is 0 Å². The lowest BCUT2D eigenvalue weighted by atomic mass is 10.0. The van der Waals surface area contributed by atoms with Crippen molar-refractivity contribution in [1.82, 2.24) is 0 Å². The van der Waals surface area contributed by atoms with Crippen molar-refractivity contribution in [3.63, 3.8) is 0 Å². The summed E-state index contributed by atoms with van der Waals surface area (Å²) in [4.78, 5) is 38.5. The normalized spacial score (nSPS) is 12.2. The van der Waals surface area contributed by atoms with Crippen molar-refractivity contribution in [2.75, 3.05) is 13.2 Å². The zero-order valence-electron chi connectivity index (χ0n) is 55.5. The Morgan fingerprint density at radius 1 is 0.244 bits per heavy atom. The maximum atomic E-state index is 13.0. The Bertz CT molecular complexity index is 1370. The molecule has 0 aromatic heterocycles. The predicted molar refractivity (Wildman–Crippen MR) is 358 cm³/mol. The third-order valence-corrected chi connectivity index (χ3v) is 16.9. The first kappa shape index (κ1) is 79.6. The molecule has 6 heteroatoms. The molecule has 0 spiro atoms. The standard InChI is InChI=1S/C76H142O6/c1-4-7-10-13-16-19-22-25-28-31-34-35-36-37-38-39-40-41-43-45-48-51-54-57-60-63-66-69-75(78)81-72-73(71-80-74(77)68-65-62-59-56-53-50-47-44-33-30-27-24-21-18-15-12-9-6-3)82-76(79)70-67-64-61-58-55-52-49-46-42-32-29-26-23-20-17-14-11-8-5-2/h21,24,26,29-30,33,73H,4-20,22-23,25,27-28,31-32,34-72H2,1-3H3/b24-21-,29-26-,33-30-. The Kier molecular flexibility index (Phi) is 69.1. The molecule has 1 atom stereocenters. The summed E-state index contributed by atoms with van der Waals surface area (Å²) in [7, 11) is 0. The highest BCUT2D eigenvalue weighted by Crippen LogP contribution is 2.19. The second-order valence-electron chi connectivity index (χ2n) is 25.2. The lowest BCUT2D eigenvalue weighted by Gasteiger charge is -2.18. The lowest BCUT2D eigenvalue weighted by Crippen LogP contribution is -2.30. The van der Waals surface area contributed by atoms with Crippen LogP contribution in [-0.4, -0.2) is 37.2 Å². The fraction of sp³-hybridized carbons (Fsp3) is 0.882. The minimum Gasteiger partial charge on any atom is -0.462 e. The van der Waals surface area contributed by atoms with Gasteiger partial charge in [0, 0.05) is 19.3 Å². The fourth-order valence-corrected chi connectivity index (χ4v) is 11.3. The highest BCUT2D eigenvalue weighted by Gasteiger charge is 2.19. The van der Waals surface area contributed by atoms with Gasteiger partial charge in [-0.3, -0.25) is 14.4 Å². The molecular formula is C76H142O6. The van der Waals surface area contributed by atoms with Crippen molar-refractivity contribution in [3.05, 3.63) is 36.5 Å². The molecule has 1 unspecified atom stereocenters. The van der Waals surface area contributed by atoms with Crippen LogP contribution in [0.1, 0.15) is 412 Å². The Morgan fingerprint density at radius 3 is 0.695 bits per heavy atom. The summed E-state index contributed by atoms with van der Waals surface area (Å²) in [5.74, 6) is -0.849. The van der Waals surface area contributed by atoms with Gasteiger partial charge in [-0.05, 0) is 77.0 Å². The van der Waals surface area contributed by atoms with Crippen molar-refractivity contribution < 1.29 is 28.6 Å². The van der Waals surface area contributed by atoms with Crippen LogP contribution >= 0.6 is 0 Å². The van der Waals surface area contributed by atoms with E-state index >= 15 is 0 Å². The minimum absolute atomic E-state index is 0.0706. The first-order chi connectivity index (χ1) is 40.5. The van der Waals surface area contributed by atoms with Gasteiger partial charge in [0.15, 0.2) is 6.10 Å². The van der Waals surface area contributed by atoms with Crippen LogP contribution in [0.25, 0.3) is 0 Å². The van der Waals surface area contributed by atoms with E-state index in [-0.39, 0.29) is 31.1 Å². The Labute approximate surface area is 512 Å². The molecule has 0 rings (SSSR count). The lowest BCUT2D eigenvalue weighted by molar-refractivity contribution is -0.167. The fourth-order valence-electron chi connectivity index (χ4n) is 11.3. The van der Waals surface area contributed by atoms with E-state index in [0.717, 1.165) is 70.6 Å². The molecule has 0 aromatic carbocycles. The van der Waals surface area contributed by atoms with Gasteiger partial charge in [-0.15, -0.1) is 0 Å². The summed E-state index contributed by atoms with van der Waals surface area (Å²) >= 11 is 0. The van der Waals surface area contributed by atoms with Crippen molar-refractivity contribution in [2.24, 2.45) is 0 Å².